The number of amides is 1. The second-order valence-corrected chi connectivity index (χ2v) is 21.8. The van der Waals surface area contributed by atoms with E-state index in [9.17, 15) is 25.2 Å². The zero-order valence-electron chi connectivity index (χ0n) is 45.7. The Morgan fingerprint density at radius 3 is 0.716 bits per heavy atom. The average molecular weight is 951 g/mol. The van der Waals surface area contributed by atoms with Gasteiger partial charge in [0.05, 0.1) is 18.8 Å². The maximum absolute atomic E-state index is 12.6. The van der Waals surface area contributed by atoms with Crippen LogP contribution in [0.15, 0.2) is 0 Å². The van der Waals surface area contributed by atoms with E-state index in [4.69, 9.17) is 0 Å². The summed E-state index contributed by atoms with van der Waals surface area (Å²) < 4.78 is 0. The largest absolute Gasteiger partial charge is 0.394 e. The number of hydrogen-bond acceptors (Lipinski definition) is 5. The van der Waals surface area contributed by atoms with E-state index >= 15 is 0 Å². The summed E-state index contributed by atoms with van der Waals surface area (Å²) in [4.78, 5) is 12.6. The van der Waals surface area contributed by atoms with Gasteiger partial charge in [0, 0.05) is 0 Å². The van der Waals surface area contributed by atoms with Crippen molar-refractivity contribution in [1.29, 1.82) is 0 Å². The van der Waals surface area contributed by atoms with E-state index in [0.29, 0.717) is 12.8 Å². The predicted molar refractivity (Wildman–Crippen MR) is 293 cm³/mol. The standard InChI is InChI=1S/C61H123NO5/c1-3-5-7-9-11-13-15-17-19-21-23-25-26-27-28-29-30-31-32-33-35-36-38-40-42-44-46-48-50-52-54-58(64)60(66)57(56-63)62-61(67)59(65)55-53-51-49-47-45-43-41-39-37-34-24-22-20-18-16-14-12-10-8-6-4-2/h57-60,63-66H,3-56H2,1-2H3,(H,62,67). The van der Waals surface area contributed by atoms with Gasteiger partial charge in [-0.05, 0) is 12.8 Å². The lowest BCUT2D eigenvalue weighted by molar-refractivity contribution is -0.132. The molecule has 0 fully saturated rings. The van der Waals surface area contributed by atoms with Crippen LogP contribution in [0.25, 0.3) is 0 Å². The third kappa shape index (κ3) is 50.1. The van der Waals surface area contributed by atoms with Crippen molar-refractivity contribution in [1.82, 2.24) is 5.32 Å². The van der Waals surface area contributed by atoms with Crippen LogP contribution in [0.2, 0.25) is 0 Å². The first kappa shape index (κ1) is 66.3. The van der Waals surface area contributed by atoms with Crippen molar-refractivity contribution in [2.45, 2.75) is 379 Å². The van der Waals surface area contributed by atoms with Gasteiger partial charge in [-0.3, -0.25) is 4.79 Å². The summed E-state index contributed by atoms with van der Waals surface area (Å²) in [5.74, 6) is -0.575. The number of aliphatic hydroxyl groups is 4. The van der Waals surface area contributed by atoms with E-state index in [2.05, 4.69) is 19.2 Å². The molecule has 0 aromatic heterocycles. The zero-order chi connectivity index (χ0) is 48.8. The molecule has 4 unspecified atom stereocenters. The summed E-state index contributed by atoms with van der Waals surface area (Å²) >= 11 is 0. The van der Waals surface area contributed by atoms with Crippen LogP contribution in [0.1, 0.15) is 354 Å². The smallest absolute Gasteiger partial charge is 0.249 e. The fraction of sp³-hybridized carbons (Fsp3) is 0.984. The second kappa shape index (κ2) is 56.2. The van der Waals surface area contributed by atoms with Gasteiger partial charge in [0.15, 0.2) is 0 Å². The topological polar surface area (TPSA) is 110 Å². The molecule has 0 aliphatic heterocycles. The van der Waals surface area contributed by atoms with Crippen LogP contribution in [0.5, 0.6) is 0 Å². The van der Waals surface area contributed by atoms with Gasteiger partial charge in [0.1, 0.15) is 12.2 Å². The van der Waals surface area contributed by atoms with E-state index < -0.39 is 36.9 Å². The Kier molecular flexibility index (Phi) is 55.6. The zero-order valence-corrected chi connectivity index (χ0v) is 45.7. The molecule has 0 heterocycles. The van der Waals surface area contributed by atoms with Crippen molar-refractivity contribution in [3.05, 3.63) is 0 Å². The van der Waals surface area contributed by atoms with E-state index in [0.717, 1.165) is 38.5 Å². The van der Waals surface area contributed by atoms with Crippen LogP contribution in [-0.2, 0) is 4.79 Å². The summed E-state index contributed by atoms with van der Waals surface area (Å²) in [6.07, 6.45) is 66.2. The van der Waals surface area contributed by atoms with Crippen molar-refractivity contribution >= 4 is 5.91 Å². The minimum absolute atomic E-state index is 0.376. The van der Waals surface area contributed by atoms with Gasteiger partial charge in [-0.25, -0.2) is 0 Å². The molecule has 0 rings (SSSR count). The molecule has 0 radical (unpaired) electrons. The molecule has 0 aliphatic carbocycles. The predicted octanol–water partition coefficient (Wildman–Crippen LogP) is 18.3. The Balaban J connectivity index is 3.54. The van der Waals surface area contributed by atoms with Gasteiger partial charge in [0.2, 0.25) is 5.91 Å². The lowest BCUT2D eigenvalue weighted by Gasteiger charge is -2.27. The molecule has 0 aromatic rings. The molecule has 0 aliphatic rings. The molecule has 6 nitrogen and oxygen atoms in total. The number of carbonyl (C=O) groups is 1. The summed E-state index contributed by atoms with van der Waals surface area (Å²) in [5, 5.41) is 44.1. The monoisotopic (exact) mass is 950 g/mol. The lowest BCUT2D eigenvalue weighted by atomic mass is 9.99. The molecule has 67 heavy (non-hydrogen) atoms. The quantitative estimate of drug-likeness (QED) is 0.0390. The highest BCUT2D eigenvalue weighted by molar-refractivity contribution is 5.80. The van der Waals surface area contributed by atoms with Crippen LogP contribution in [0, 0.1) is 0 Å². The van der Waals surface area contributed by atoms with Crippen LogP contribution < -0.4 is 5.32 Å². The fourth-order valence-electron chi connectivity index (χ4n) is 10.2. The van der Waals surface area contributed by atoms with Gasteiger partial charge in [-0.15, -0.1) is 0 Å². The SMILES string of the molecule is CCCCCCCCCCCCCCCCCCCCCCCCCCCCCCCCC(O)C(O)C(CO)NC(=O)C(O)CCCCCCCCCCCCCCCCCCCCCCC. The van der Waals surface area contributed by atoms with Crippen LogP contribution >= 0.6 is 0 Å². The first-order valence-electron chi connectivity index (χ1n) is 30.9. The van der Waals surface area contributed by atoms with Crippen LogP contribution in [0.3, 0.4) is 0 Å². The number of hydrogen-bond donors (Lipinski definition) is 5. The summed E-state index contributed by atoms with van der Waals surface area (Å²) in [6, 6.07) is -0.981. The molecule has 6 heteroatoms. The third-order valence-corrected chi connectivity index (χ3v) is 15.1. The Hall–Kier alpha value is -0.690. The van der Waals surface area contributed by atoms with Crippen molar-refractivity contribution in [2.24, 2.45) is 0 Å². The molecule has 4 atom stereocenters. The summed E-state index contributed by atoms with van der Waals surface area (Å²) in [5.41, 5.74) is 0. The normalized spacial score (nSPS) is 13.6. The van der Waals surface area contributed by atoms with Crippen molar-refractivity contribution < 1.29 is 25.2 Å². The van der Waals surface area contributed by atoms with E-state index in [1.165, 1.54) is 289 Å². The number of unbranched alkanes of at least 4 members (excludes halogenated alkanes) is 49. The second-order valence-electron chi connectivity index (χ2n) is 21.8. The summed E-state index contributed by atoms with van der Waals surface area (Å²) in [7, 11) is 0. The first-order valence-corrected chi connectivity index (χ1v) is 30.9. The van der Waals surface area contributed by atoms with Gasteiger partial charge in [-0.2, -0.15) is 0 Å². The molecular weight excluding hydrogens is 827 g/mol. The average Bonchev–Trinajstić information content (AvgIpc) is 3.33. The fourth-order valence-corrected chi connectivity index (χ4v) is 10.2. The number of rotatable bonds is 58. The Labute approximate surface area is 420 Å². The third-order valence-electron chi connectivity index (χ3n) is 15.1. The van der Waals surface area contributed by atoms with Gasteiger partial charge in [-0.1, -0.05) is 341 Å². The molecule has 1 amide bonds. The molecular formula is C61H123NO5. The highest BCUT2D eigenvalue weighted by Gasteiger charge is 2.28. The number of carbonyl (C=O) groups excluding carboxylic acids is 1. The molecule has 402 valence electrons. The van der Waals surface area contributed by atoms with Gasteiger partial charge in [0.25, 0.3) is 0 Å². The number of nitrogens with one attached hydrogen (secondary N) is 1. The van der Waals surface area contributed by atoms with E-state index in [-0.39, 0.29) is 0 Å². The minimum Gasteiger partial charge on any atom is -0.394 e. The lowest BCUT2D eigenvalue weighted by Crippen LogP contribution is -2.53. The molecule has 0 aromatic carbocycles. The maximum atomic E-state index is 12.6. The van der Waals surface area contributed by atoms with E-state index in [1.54, 1.807) is 0 Å². The van der Waals surface area contributed by atoms with Crippen molar-refractivity contribution in [3.63, 3.8) is 0 Å². The first-order chi connectivity index (χ1) is 33.0. The highest BCUT2D eigenvalue weighted by atomic mass is 16.3. The van der Waals surface area contributed by atoms with E-state index in [1.807, 2.05) is 0 Å². The Morgan fingerprint density at radius 1 is 0.313 bits per heavy atom. The van der Waals surface area contributed by atoms with Crippen LogP contribution in [-0.4, -0.2) is 57.3 Å². The molecule has 0 saturated carbocycles. The number of aliphatic hydroxyl groups excluding tert-OH is 4. The van der Waals surface area contributed by atoms with Gasteiger partial charge < -0.3 is 25.7 Å². The molecule has 0 spiro atoms. The Bertz CT molecular complexity index is 933. The molecule has 5 N–H and O–H groups in total. The van der Waals surface area contributed by atoms with Crippen molar-refractivity contribution in [3.8, 4) is 0 Å². The van der Waals surface area contributed by atoms with Crippen LogP contribution in [0.4, 0.5) is 0 Å². The Morgan fingerprint density at radius 2 is 0.507 bits per heavy atom. The minimum atomic E-state index is -1.26. The van der Waals surface area contributed by atoms with Crippen molar-refractivity contribution in [2.75, 3.05) is 6.61 Å². The molecule has 0 saturated heterocycles. The summed E-state index contributed by atoms with van der Waals surface area (Å²) in [6.45, 7) is 4.11. The molecule has 0 bridgehead atoms. The maximum Gasteiger partial charge on any atom is 0.249 e. The highest BCUT2D eigenvalue weighted by Crippen LogP contribution is 2.19. The van der Waals surface area contributed by atoms with Gasteiger partial charge >= 0.3 is 0 Å².